The van der Waals surface area contributed by atoms with Crippen molar-refractivity contribution < 1.29 is 22.7 Å². The van der Waals surface area contributed by atoms with Gasteiger partial charge in [0.1, 0.15) is 0 Å². The highest BCUT2D eigenvalue weighted by Gasteiger charge is 2.33. The minimum atomic E-state index is -4.42. The molecule has 8 heteroatoms. The van der Waals surface area contributed by atoms with Gasteiger partial charge in [-0.05, 0) is 61.6 Å². The van der Waals surface area contributed by atoms with E-state index in [4.69, 9.17) is 4.74 Å². The van der Waals surface area contributed by atoms with Crippen LogP contribution in [0.2, 0.25) is 0 Å². The number of nitrogens with one attached hydrogen (secondary N) is 1. The maximum atomic E-state index is 13.2. The number of benzene rings is 1. The lowest BCUT2D eigenvalue weighted by Gasteiger charge is -2.31. The molecule has 1 aliphatic rings. The number of pyridine rings is 1. The van der Waals surface area contributed by atoms with Crippen molar-refractivity contribution in [2.45, 2.75) is 51.2 Å². The molecule has 0 aliphatic heterocycles. The number of hydrogen-bond donors (Lipinski definition) is 1. The molecule has 0 spiro atoms. The lowest BCUT2D eigenvalue weighted by atomic mass is 9.82. The number of halogens is 3. The Hall–Kier alpha value is -2.61. The number of nitrogens with zero attached hydrogens (tertiary/aromatic N) is 1. The van der Waals surface area contributed by atoms with E-state index in [9.17, 15) is 18.0 Å². The van der Waals surface area contributed by atoms with Crippen LogP contribution in [-0.4, -0.2) is 18.1 Å². The molecule has 32 heavy (non-hydrogen) atoms. The Morgan fingerprint density at radius 2 is 1.88 bits per heavy atom. The van der Waals surface area contributed by atoms with Crippen molar-refractivity contribution in [2.75, 3.05) is 12.4 Å². The van der Waals surface area contributed by atoms with Crippen molar-refractivity contribution >= 4 is 33.2 Å². The van der Waals surface area contributed by atoms with E-state index in [1.165, 1.54) is 30.9 Å². The summed E-state index contributed by atoms with van der Waals surface area (Å²) in [5, 5.41) is 3.60. The Labute approximate surface area is 188 Å². The summed E-state index contributed by atoms with van der Waals surface area (Å²) >= 11 is 1.39. The van der Waals surface area contributed by atoms with Gasteiger partial charge in [-0.25, -0.2) is 4.79 Å². The second kappa shape index (κ2) is 9.10. The quantitative estimate of drug-likeness (QED) is 0.409. The molecule has 170 valence electrons. The van der Waals surface area contributed by atoms with Crippen molar-refractivity contribution in [3.63, 3.8) is 0 Å². The molecule has 1 aliphatic carbocycles. The Balaban J connectivity index is 1.71. The van der Waals surface area contributed by atoms with Crippen molar-refractivity contribution in [1.29, 1.82) is 0 Å². The second-order valence-electron chi connectivity index (χ2n) is 8.25. The lowest BCUT2D eigenvalue weighted by Crippen LogP contribution is -2.23. The summed E-state index contributed by atoms with van der Waals surface area (Å²) in [5.41, 5.74) is 2.15. The first kappa shape index (κ1) is 22.6. The van der Waals surface area contributed by atoms with Crippen LogP contribution >= 0.6 is 11.3 Å². The first-order valence-corrected chi connectivity index (χ1v) is 11.5. The maximum Gasteiger partial charge on any atom is 0.417 e. The van der Waals surface area contributed by atoms with Crippen molar-refractivity contribution in [3.8, 4) is 0 Å². The van der Waals surface area contributed by atoms with E-state index >= 15 is 0 Å². The summed E-state index contributed by atoms with van der Waals surface area (Å²) < 4.78 is 44.9. The van der Waals surface area contributed by atoms with Crippen molar-refractivity contribution in [1.82, 2.24) is 4.98 Å². The number of rotatable bonds is 5. The average molecular weight is 463 g/mol. The zero-order valence-electron chi connectivity index (χ0n) is 18.0. The number of esters is 1. The SMILES string of the molecule is COC(=O)c1ccc(NC(c2sc3cc(C(F)(F)F)cnc3c2C)C2CCCCC2)cc1. The molecule has 0 bridgehead atoms. The first-order chi connectivity index (χ1) is 15.3. The monoisotopic (exact) mass is 462 g/mol. The average Bonchev–Trinajstić information content (AvgIpc) is 3.13. The van der Waals surface area contributed by atoms with Crippen molar-refractivity contribution in [2.24, 2.45) is 5.92 Å². The minimum absolute atomic E-state index is 0.0344. The molecule has 0 saturated heterocycles. The number of hydrogen-bond acceptors (Lipinski definition) is 5. The molecule has 0 amide bonds. The van der Waals surface area contributed by atoms with Gasteiger partial charge >= 0.3 is 12.1 Å². The van der Waals surface area contributed by atoms with E-state index in [1.54, 1.807) is 12.1 Å². The molecule has 1 atom stereocenters. The third-order valence-corrected chi connectivity index (χ3v) is 7.47. The maximum absolute atomic E-state index is 13.2. The highest BCUT2D eigenvalue weighted by molar-refractivity contribution is 7.19. The summed E-state index contributed by atoms with van der Waals surface area (Å²) in [6, 6.07) is 8.26. The molecular weight excluding hydrogens is 437 g/mol. The van der Waals surface area contributed by atoms with Crippen LogP contribution in [0, 0.1) is 12.8 Å². The van der Waals surface area contributed by atoms with Crippen LogP contribution in [0.5, 0.6) is 0 Å². The van der Waals surface area contributed by atoms with Gasteiger partial charge in [-0.2, -0.15) is 13.2 Å². The van der Waals surface area contributed by atoms with Gasteiger partial charge in [0, 0.05) is 16.8 Å². The molecule has 1 unspecified atom stereocenters. The van der Waals surface area contributed by atoms with Crippen LogP contribution in [0.25, 0.3) is 10.2 Å². The normalized spacial score (nSPS) is 16.2. The summed E-state index contributed by atoms with van der Waals surface area (Å²) in [6.45, 7) is 1.94. The van der Waals surface area contributed by atoms with Crippen LogP contribution in [0.1, 0.15) is 64.5 Å². The number of anilines is 1. The topological polar surface area (TPSA) is 51.2 Å². The lowest BCUT2D eigenvalue weighted by molar-refractivity contribution is -0.137. The summed E-state index contributed by atoms with van der Waals surface area (Å²) in [4.78, 5) is 16.9. The van der Waals surface area contributed by atoms with Crippen LogP contribution in [0.3, 0.4) is 0 Å². The second-order valence-corrected chi connectivity index (χ2v) is 9.33. The number of aromatic nitrogens is 1. The van der Waals surface area contributed by atoms with Crippen LogP contribution in [0.4, 0.5) is 18.9 Å². The number of fused-ring (bicyclic) bond motifs is 1. The Kier molecular flexibility index (Phi) is 6.42. The molecule has 1 fully saturated rings. The fraction of sp³-hybridized carbons (Fsp3) is 0.417. The number of alkyl halides is 3. The largest absolute Gasteiger partial charge is 0.465 e. The van der Waals surface area contributed by atoms with Gasteiger partial charge < -0.3 is 10.1 Å². The highest BCUT2D eigenvalue weighted by atomic mass is 32.1. The van der Waals surface area contributed by atoms with E-state index in [0.29, 0.717) is 21.7 Å². The van der Waals surface area contributed by atoms with Crippen LogP contribution in [-0.2, 0) is 10.9 Å². The van der Waals surface area contributed by atoms with Gasteiger partial charge in [0.25, 0.3) is 0 Å². The summed E-state index contributed by atoms with van der Waals surface area (Å²) in [6.07, 6.45) is 2.12. The molecule has 4 rings (SSSR count). The molecule has 1 saturated carbocycles. The molecule has 3 aromatic rings. The van der Waals surface area contributed by atoms with E-state index in [2.05, 4.69) is 10.3 Å². The third kappa shape index (κ3) is 4.60. The van der Waals surface area contributed by atoms with Crippen LogP contribution < -0.4 is 5.32 Å². The predicted octanol–water partition coefficient (Wildman–Crippen LogP) is 7.14. The van der Waals surface area contributed by atoms with Crippen LogP contribution in [0.15, 0.2) is 36.5 Å². The molecule has 2 aromatic heterocycles. The zero-order chi connectivity index (χ0) is 22.9. The van der Waals surface area contributed by atoms with Crippen molar-refractivity contribution in [3.05, 3.63) is 58.1 Å². The van der Waals surface area contributed by atoms with Gasteiger partial charge in [-0.1, -0.05) is 19.3 Å². The standard InChI is InChI=1S/C24H25F3N2O2S/c1-14-20-19(12-17(13-28-20)24(25,26)27)32-22(14)21(15-6-4-3-5-7-15)29-18-10-8-16(9-11-18)23(30)31-2/h8-13,15,21,29H,3-7H2,1-2H3. The smallest absolute Gasteiger partial charge is 0.417 e. The minimum Gasteiger partial charge on any atom is -0.465 e. The third-order valence-electron chi connectivity index (χ3n) is 6.16. The number of methoxy groups -OCH3 is 1. The number of thiophene rings is 1. The number of carbonyl (C=O) groups is 1. The van der Waals surface area contributed by atoms with E-state index < -0.39 is 17.7 Å². The van der Waals surface area contributed by atoms with E-state index in [0.717, 1.165) is 48.0 Å². The van der Waals surface area contributed by atoms with Gasteiger partial charge in [0.05, 0.1) is 34.5 Å². The fourth-order valence-electron chi connectivity index (χ4n) is 4.43. The van der Waals surface area contributed by atoms with Gasteiger partial charge in [0.2, 0.25) is 0 Å². The molecule has 1 aromatic carbocycles. The number of carbonyl (C=O) groups excluding carboxylic acids is 1. The Bertz CT molecular complexity index is 1100. The van der Waals surface area contributed by atoms with Gasteiger partial charge in [0.15, 0.2) is 0 Å². The molecule has 0 radical (unpaired) electrons. The zero-order valence-corrected chi connectivity index (χ0v) is 18.8. The van der Waals surface area contributed by atoms with E-state index in [1.807, 2.05) is 19.1 Å². The predicted molar refractivity (Wildman–Crippen MR) is 120 cm³/mol. The molecule has 1 N–H and O–H groups in total. The number of ether oxygens (including phenoxy) is 1. The Morgan fingerprint density at radius 1 is 1.19 bits per heavy atom. The molecule has 2 heterocycles. The van der Waals surface area contributed by atoms with Gasteiger partial charge in [-0.3, -0.25) is 4.98 Å². The van der Waals surface area contributed by atoms with Gasteiger partial charge in [-0.15, -0.1) is 11.3 Å². The fourth-order valence-corrected chi connectivity index (χ4v) is 5.79. The molecular formula is C24H25F3N2O2S. The first-order valence-electron chi connectivity index (χ1n) is 10.7. The summed E-state index contributed by atoms with van der Waals surface area (Å²) in [7, 11) is 1.34. The Morgan fingerprint density at radius 3 is 2.50 bits per heavy atom. The highest BCUT2D eigenvalue weighted by Crippen LogP contribution is 2.44. The number of aryl methyl sites for hydroxylation is 1. The molecule has 4 nitrogen and oxygen atoms in total. The van der Waals surface area contributed by atoms with E-state index in [-0.39, 0.29) is 6.04 Å². The summed E-state index contributed by atoms with van der Waals surface area (Å²) in [5.74, 6) is -0.0230.